The van der Waals surface area contributed by atoms with Gasteiger partial charge in [0.25, 0.3) is 0 Å². The van der Waals surface area contributed by atoms with E-state index in [2.05, 4.69) is 26.7 Å². The lowest BCUT2D eigenvalue weighted by molar-refractivity contribution is -0.0315. The first-order valence-corrected chi connectivity index (χ1v) is 12.5. The minimum Gasteiger partial charge on any atom is -0.359 e. The van der Waals surface area contributed by atoms with Gasteiger partial charge < -0.3 is 9.47 Å². The average molecular weight is 421 g/mol. The molecule has 3 heteroatoms. The van der Waals surface area contributed by atoms with Gasteiger partial charge in [-0.1, -0.05) is 90.0 Å². The summed E-state index contributed by atoms with van der Waals surface area (Å²) in [6, 6.07) is 0. The minimum atomic E-state index is 0.252. The van der Waals surface area contributed by atoms with Crippen molar-refractivity contribution in [1.82, 2.24) is 0 Å². The first-order valence-electron chi connectivity index (χ1n) is 12.5. The molecule has 0 radical (unpaired) electrons. The van der Waals surface area contributed by atoms with Gasteiger partial charge in [0.15, 0.2) is 0 Å². The van der Waals surface area contributed by atoms with Crippen molar-refractivity contribution in [3.05, 3.63) is 16.7 Å². The third kappa shape index (κ3) is 11.5. The Bertz CT molecular complexity index is 526. The lowest BCUT2D eigenvalue weighted by atomic mass is 9.70. The Kier molecular flexibility index (Phi) is 15.2. The number of allylic oxidation sites excluding steroid dienone is 3. The smallest absolute Gasteiger partial charge is 0.146 e. The molecule has 0 atom stereocenters. The summed E-state index contributed by atoms with van der Waals surface area (Å²) in [5, 5.41) is 0. The molecule has 0 bridgehead atoms. The summed E-state index contributed by atoms with van der Waals surface area (Å²) in [7, 11) is 1.67. The Hall–Kier alpha value is -0.890. The van der Waals surface area contributed by atoms with Gasteiger partial charge in [-0.25, -0.2) is 4.79 Å². The predicted octanol–water partition coefficient (Wildman–Crippen LogP) is 7.96. The van der Waals surface area contributed by atoms with E-state index in [1.807, 2.05) is 0 Å². The summed E-state index contributed by atoms with van der Waals surface area (Å²) in [5.74, 6) is 2.18. The second-order valence-corrected chi connectivity index (χ2v) is 9.73. The van der Waals surface area contributed by atoms with Crippen LogP contribution in [0, 0.1) is 5.41 Å². The van der Waals surface area contributed by atoms with Crippen LogP contribution in [0.4, 0.5) is 0 Å². The summed E-state index contributed by atoms with van der Waals surface area (Å²) in [6.07, 6.45) is 20.6. The van der Waals surface area contributed by atoms with Crippen LogP contribution in [-0.2, 0) is 14.3 Å². The zero-order valence-electron chi connectivity index (χ0n) is 20.5. The van der Waals surface area contributed by atoms with Gasteiger partial charge >= 0.3 is 0 Å². The second-order valence-electron chi connectivity index (χ2n) is 9.73. The summed E-state index contributed by atoms with van der Waals surface area (Å²) in [4.78, 5) is 11.2. The molecule has 0 fully saturated rings. The van der Waals surface area contributed by atoms with Crippen LogP contribution >= 0.6 is 0 Å². The Morgan fingerprint density at radius 3 is 1.83 bits per heavy atom. The predicted molar refractivity (Wildman–Crippen MR) is 127 cm³/mol. The van der Waals surface area contributed by atoms with Gasteiger partial charge in [-0.2, -0.15) is 0 Å². The van der Waals surface area contributed by atoms with Crippen LogP contribution < -0.4 is 0 Å². The molecule has 0 unspecified atom stereocenters. The van der Waals surface area contributed by atoms with E-state index in [4.69, 9.17) is 9.47 Å². The first kappa shape index (κ1) is 27.1. The number of methoxy groups -OCH3 is 1. The van der Waals surface area contributed by atoms with Crippen LogP contribution in [0.3, 0.4) is 0 Å². The highest BCUT2D eigenvalue weighted by Gasteiger charge is 2.30. The molecule has 0 aliphatic heterocycles. The molecule has 0 saturated carbocycles. The van der Waals surface area contributed by atoms with Crippen molar-refractivity contribution in [3.8, 4) is 0 Å². The van der Waals surface area contributed by atoms with Gasteiger partial charge in [0.2, 0.25) is 0 Å². The van der Waals surface area contributed by atoms with E-state index >= 15 is 0 Å². The fraction of sp³-hybridized carbons (Fsp3) is 0.852. The zero-order chi connectivity index (χ0) is 22.1. The summed E-state index contributed by atoms with van der Waals surface area (Å²) in [6.45, 7) is 8.07. The number of rotatable bonds is 18. The topological polar surface area (TPSA) is 35.5 Å². The Morgan fingerprint density at radius 2 is 1.33 bits per heavy atom. The Morgan fingerprint density at radius 1 is 0.833 bits per heavy atom. The molecular formula is C27H48O3. The number of carbonyl (C=O) groups excluding carboxylic acids is 1. The van der Waals surface area contributed by atoms with Crippen molar-refractivity contribution in [1.29, 1.82) is 0 Å². The summed E-state index contributed by atoms with van der Waals surface area (Å²) < 4.78 is 10.2. The highest BCUT2D eigenvalue weighted by atomic mass is 16.7. The van der Waals surface area contributed by atoms with Crippen molar-refractivity contribution >= 4 is 5.94 Å². The Balaban J connectivity index is 1.94. The van der Waals surface area contributed by atoms with Gasteiger partial charge in [0.05, 0.1) is 0 Å². The van der Waals surface area contributed by atoms with Crippen molar-refractivity contribution in [2.24, 2.45) is 5.41 Å². The molecule has 0 amide bonds. The number of unbranched alkanes of at least 4 members (excludes halogenated alkanes) is 12. The van der Waals surface area contributed by atoms with Crippen LogP contribution in [-0.4, -0.2) is 26.5 Å². The molecule has 1 aliphatic carbocycles. The third-order valence-corrected chi connectivity index (χ3v) is 6.76. The zero-order valence-corrected chi connectivity index (χ0v) is 20.5. The van der Waals surface area contributed by atoms with E-state index in [-0.39, 0.29) is 5.41 Å². The SMILES string of the molecule is COCOCCCCCCCCCCCCCCCC1=C(C)C(=C=O)CCC1(C)C. The van der Waals surface area contributed by atoms with Gasteiger partial charge in [0, 0.05) is 19.3 Å². The van der Waals surface area contributed by atoms with Gasteiger partial charge in [0.1, 0.15) is 12.7 Å². The standard InChI is InChI=1S/C27H48O3/c1-24-25(22-28)19-20-27(2,3)26(24)18-16-14-12-10-8-6-5-7-9-11-13-15-17-21-30-23-29-4/h5-21,23H2,1-4H3. The maximum Gasteiger partial charge on any atom is 0.146 e. The van der Waals surface area contributed by atoms with E-state index in [1.54, 1.807) is 7.11 Å². The molecule has 0 aromatic rings. The molecule has 0 spiro atoms. The van der Waals surface area contributed by atoms with E-state index in [0.29, 0.717) is 6.79 Å². The molecular weight excluding hydrogens is 372 g/mol. The molecule has 0 aromatic heterocycles. The second kappa shape index (κ2) is 16.8. The average Bonchev–Trinajstić information content (AvgIpc) is 2.72. The molecule has 0 saturated heterocycles. The number of hydrogen-bond acceptors (Lipinski definition) is 3. The molecule has 1 rings (SSSR count). The normalized spacial score (nSPS) is 16.2. The van der Waals surface area contributed by atoms with Crippen molar-refractivity contribution in [2.45, 2.75) is 124 Å². The van der Waals surface area contributed by atoms with E-state index < -0.39 is 0 Å². The molecule has 174 valence electrons. The highest BCUT2D eigenvalue weighted by Crippen LogP contribution is 2.44. The molecule has 30 heavy (non-hydrogen) atoms. The molecule has 1 aliphatic rings. The van der Waals surface area contributed by atoms with Crippen LogP contribution in [0.5, 0.6) is 0 Å². The summed E-state index contributed by atoms with van der Waals surface area (Å²) in [5.41, 5.74) is 3.91. The van der Waals surface area contributed by atoms with Crippen molar-refractivity contribution < 1.29 is 14.3 Å². The van der Waals surface area contributed by atoms with Crippen LogP contribution in [0.1, 0.15) is 124 Å². The third-order valence-electron chi connectivity index (χ3n) is 6.76. The quantitative estimate of drug-likeness (QED) is 0.128. The van der Waals surface area contributed by atoms with Gasteiger partial charge in [-0.05, 0) is 50.0 Å². The summed E-state index contributed by atoms with van der Waals surface area (Å²) >= 11 is 0. The van der Waals surface area contributed by atoms with Crippen LogP contribution in [0.2, 0.25) is 0 Å². The molecule has 0 N–H and O–H groups in total. The lowest BCUT2D eigenvalue weighted by Crippen LogP contribution is -2.21. The van der Waals surface area contributed by atoms with E-state index in [1.165, 1.54) is 88.2 Å². The van der Waals surface area contributed by atoms with Gasteiger partial charge in [-0.15, -0.1) is 0 Å². The molecule has 3 nitrogen and oxygen atoms in total. The van der Waals surface area contributed by atoms with Crippen molar-refractivity contribution in [2.75, 3.05) is 20.5 Å². The fourth-order valence-electron chi connectivity index (χ4n) is 4.71. The highest BCUT2D eigenvalue weighted by molar-refractivity contribution is 5.62. The maximum atomic E-state index is 11.2. The first-order chi connectivity index (χ1) is 14.5. The number of ether oxygens (including phenoxy) is 2. The lowest BCUT2D eigenvalue weighted by Gasteiger charge is -2.35. The van der Waals surface area contributed by atoms with Crippen LogP contribution in [0.25, 0.3) is 0 Å². The fourth-order valence-corrected chi connectivity index (χ4v) is 4.71. The molecule has 0 heterocycles. The molecule has 0 aromatic carbocycles. The van der Waals surface area contributed by atoms with Crippen molar-refractivity contribution in [3.63, 3.8) is 0 Å². The number of hydrogen-bond donors (Lipinski definition) is 0. The Labute approximate surface area is 186 Å². The van der Waals surface area contributed by atoms with E-state index in [0.717, 1.165) is 37.9 Å². The monoisotopic (exact) mass is 420 g/mol. The minimum absolute atomic E-state index is 0.252. The van der Waals surface area contributed by atoms with E-state index in [9.17, 15) is 4.79 Å². The van der Waals surface area contributed by atoms with Gasteiger partial charge in [-0.3, -0.25) is 0 Å². The van der Waals surface area contributed by atoms with Crippen LogP contribution in [0.15, 0.2) is 16.7 Å². The largest absolute Gasteiger partial charge is 0.359 e. The maximum absolute atomic E-state index is 11.2.